The van der Waals surface area contributed by atoms with Crippen LogP contribution in [-0.2, 0) is 0 Å². The van der Waals surface area contributed by atoms with Gasteiger partial charge < -0.3 is 10.5 Å². The first kappa shape index (κ1) is 14.1. The van der Waals surface area contributed by atoms with E-state index < -0.39 is 0 Å². The Kier molecular flexibility index (Phi) is 3.68. The van der Waals surface area contributed by atoms with Crippen LogP contribution < -0.4 is 10.5 Å². The molecule has 1 aliphatic heterocycles. The van der Waals surface area contributed by atoms with Gasteiger partial charge in [-0.25, -0.2) is 4.39 Å². The molecule has 0 bridgehead atoms. The van der Waals surface area contributed by atoms with E-state index >= 15 is 0 Å². The summed E-state index contributed by atoms with van der Waals surface area (Å²) in [6.07, 6.45) is 0.594. The predicted molar refractivity (Wildman–Crippen MR) is 81.8 cm³/mol. The van der Waals surface area contributed by atoms with E-state index in [1.165, 1.54) is 17.7 Å². The highest BCUT2D eigenvalue weighted by atomic mass is 19.1. The minimum absolute atomic E-state index is 0.0702. The number of ether oxygens (including phenoxy) is 1. The van der Waals surface area contributed by atoms with Crippen LogP contribution in [0.5, 0.6) is 5.75 Å². The van der Waals surface area contributed by atoms with Gasteiger partial charge in [0.2, 0.25) is 0 Å². The quantitative estimate of drug-likeness (QED) is 0.883. The van der Waals surface area contributed by atoms with Gasteiger partial charge in [-0.2, -0.15) is 0 Å². The molecule has 1 heterocycles. The van der Waals surface area contributed by atoms with Crippen molar-refractivity contribution in [1.82, 2.24) is 0 Å². The molecular weight excluding hydrogens is 265 g/mol. The van der Waals surface area contributed by atoms with Crippen molar-refractivity contribution in [3.63, 3.8) is 0 Å². The molecule has 0 radical (unpaired) electrons. The Morgan fingerprint density at radius 2 is 1.86 bits per heavy atom. The minimum Gasteiger partial charge on any atom is -0.485 e. The average Bonchev–Trinajstić information content (AvgIpc) is 2.48. The van der Waals surface area contributed by atoms with Crippen LogP contribution in [0.2, 0.25) is 0 Å². The molecule has 0 spiro atoms. The molecule has 2 N–H and O–H groups in total. The molecule has 0 fully saturated rings. The van der Waals surface area contributed by atoms with E-state index in [-0.39, 0.29) is 18.0 Å². The Morgan fingerprint density at radius 1 is 1.14 bits per heavy atom. The Labute approximate surface area is 124 Å². The monoisotopic (exact) mass is 285 g/mol. The summed E-state index contributed by atoms with van der Waals surface area (Å²) in [5.74, 6) is 0.929. The van der Waals surface area contributed by atoms with E-state index in [1.807, 2.05) is 0 Å². The van der Waals surface area contributed by atoms with Gasteiger partial charge in [-0.1, -0.05) is 38.1 Å². The molecule has 21 heavy (non-hydrogen) atoms. The maximum atomic E-state index is 13.3. The number of rotatable bonds is 2. The first-order valence-electron chi connectivity index (χ1n) is 7.36. The van der Waals surface area contributed by atoms with Gasteiger partial charge in [-0.3, -0.25) is 0 Å². The van der Waals surface area contributed by atoms with Crippen LogP contribution in [-0.4, -0.2) is 0 Å². The third-order valence-corrected chi connectivity index (χ3v) is 4.08. The number of halogens is 1. The van der Waals surface area contributed by atoms with Crippen LogP contribution in [0.3, 0.4) is 0 Å². The lowest BCUT2D eigenvalue weighted by Gasteiger charge is -2.30. The van der Waals surface area contributed by atoms with Crippen molar-refractivity contribution < 1.29 is 9.13 Å². The standard InChI is InChI=1S/C18H20FNO/c1-11(2)12-3-5-13(6-4-12)18-10-16(20)15-9-14(19)7-8-17(15)21-18/h3-9,11,16,18H,10,20H2,1-2H3/t16-,18?/m0/s1. The lowest BCUT2D eigenvalue weighted by molar-refractivity contribution is 0.161. The summed E-state index contributed by atoms with van der Waals surface area (Å²) in [4.78, 5) is 0. The zero-order chi connectivity index (χ0) is 15.0. The van der Waals surface area contributed by atoms with Crippen molar-refractivity contribution in [2.24, 2.45) is 5.73 Å². The van der Waals surface area contributed by atoms with E-state index in [0.717, 1.165) is 11.1 Å². The molecule has 110 valence electrons. The Bertz CT molecular complexity index is 636. The third kappa shape index (κ3) is 2.79. The highest BCUT2D eigenvalue weighted by Gasteiger charge is 2.27. The number of fused-ring (bicyclic) bond motifs is 1. The van der Waals surface area contributed by atoms with E-state index in [4.69, 9.17) is 10.5 Å². The molecule has 0 saturated carbocycles. The molecule has 0 amide bonds. The highest BCUT2D eigenvalue weighted by molar-refractivity contribution is 5.40. The van der Waals surface area contributed by atoms with Crippen molar-refractivity contribution in [1.29, 1.82) is 0 Å². The van der Waals surface area contributed by atoms with Gasteiger partial charge in [0, 0.05) is 18.0 Å². The van der Waals surface area contributed by atoms with Gasteiger partial charge in [-0.15, -0.1) is 0 Å². The van der Waals surface area contributed by atoms with E-state index in [9.17, 15) is 4.39 Å². The molecule has 2 aromatic carbocycles. The van der Waals surface area contributed by atoms with Crippen LogP contribution in [0, 0.1) is 5.82 Å². The van der Waals surface area contributed by atoms with E-state index in [0.29, 0.717) is 18.1 Å². The summed E-state index contributed by atoms with van der Waals surface area (Å²) in [6, 6.07) is 12.8. The normalized spacial score (nSPS) is 21.0. The Balaban J connectivity index is 1.86. The fourth-order valence-electron chi connectivity index (χ4n) is 2.78. The molecule has 3 rings (SSSR count). The Hall–Kier alpha value is -1.87. The fraction of sp³-hybridized carbons (Fsp3) is 0.333. The molecule has 2 atom stereocenters. The molecule has 0 aromatic heterocycles. The second-order valence-electron chi connectivity index (χ2n) is 5.95. The van der Waals surface area contributed by atoms with Crippen molar-refractivity contribution in [2.75, 3.05) is 0 Å². The zero-order valence-electron chi connectivity index (χ0n) is 12.3. The SMILES string of the molecule is CC(C)c1ccc(C2C[C@H](N)c3cc(F)ccc3O2)cc1. The van der Waals surface area contributed by atoms with Crippen molar-refractivity contribution >= 4 is 0 Å². The summed E-state index contributed by atoms with van der Waals surface area (Å²) in [7, 11) is 0. The first-order valence-corrected chi connectivity index (χ1v) is 7.36. The number of benzene rings is 2. The zero-order valence-corrected chi connectivity index (χ0v) is 12.3. The van der Waals surface area contributed by atoms with Gasteiger partial charge in [-0.05, 0) is 35.2 Å². The van der Waals surface area contributed by atoms with Crippen molar-refractivity contribution in [3.05, 3.63) is 65.0 Å². The summed E-state index contributed by atoms with van der Waals surface area (Å²) in [6.45, 7) is 4.35. The Morgan fingerprint density at radius 3 is 2.52 bits per heavy atom. The molecule has 2 aromatic rings. The van der Waals surface area contributed by atoms with E-state index in [1.54, 1.807) is 6.07 Å². The van der Waals surface area contributed by atoms with Gasteiger partial charge in [0.15, 0.2) is 0 Å². The third-order valence-electron chi connectivity index (χ3n) is 4.08. The van der Waals surface area contributed by atoms with Crippen LogP contribution >= 0.6 is 0 Å². The lowest BCUT2D eigenvalue weighted by atomic mass is 9.92. The van der Waals surface area contributed by atoms with Gasteiger partial charge in [0.1, 0.15) is 17.7 Å². The average molecular weight is 285 g/mol. The molecule has 2 nitrogen and oxygen atoms in total. The molecule has 0 saturated heterocycles. The van der Waals surface area contributed by atoms with Crippen molar-refractivity contribution in [3.8, 4) is 5.75 Å². The second-order valence-corrected chi connectivity index (χ2v) is 5.95. The fourth-order valence-corrected chi connectivity index (χ4v) is 2.78. The molecule has 3 heteroatoms. The van der Waals surface area contributed by atoms with Crippen LogP contribution in [0.15, 0.2) is 42.5 Å². The predicted octanol–water partition coefficient (Wildman–Crippen LogP) is 4.47. The van der Waals surface area contributed by atoms with E-state index in [2.05, 4.69) is 38.1 Å². The number of nitrogens with two attached hydrogens (primary N) is 1. The number of hydrogen-bond acceptors (Lipinski definition) is 2. The number of hydrogen-bond donors (Lipinski definition) is 1. The minimum atomic E-state index is -0.271. The molecule has 1 unspecified atom stereocenters. The molecular formula is C18H20FNO. The van der Waals surface area contributed by atoms with Gasteiger partial charge in [0.05, 0.1) is 0 Å². The smallest absolute Gasteiger partial charge is 0.126 e. The molecule has 1 aliphatic rings. The summed E-state index contributed by atoms with van der Waals surface area (Å²) in [5.41, 5.74) is 9.35. The van der Waals surface area contributed by atoms with Crippen LogP contribution in [0.4, 0.5) is 4.39 Å². The van der Waals surface area contributed by atoms with Gasteiger partial charge >= 0.3 is 0 Å². The second kappa shape index (κ2) is 5.49. The summed E-state index contributed by atoms with van der Waals surface area (Å²) >= 11 is 0. The van der Waals surface area contributed by atoms with Crippen LogP contribution in [0.25, 0.3) is 0 Å². The van der Waals surface area contributed by atoms with Crippen molar-refractivity contribution in [2.45, 2.75) is 38.3 Å². The topological polar surface area (TPSA) is 35.2 Å². The largest absolute Gasteiger partial charge is 0.485 e. The highest BCUT2D eigenvalue weighted by Crippen LogP contribution is 2.40. The van der Waals surface area contributed by atoms with Gasteiger partial charge in [0.25, 0.3) is 0 Å². The molecule has 0 aliphatic carbocycles. The summed E-state index contributed by atoms with van der Waals surface area (Å²) in [5, 5.41) is 0. The first-order chi connectivity index (χ1) is 10.0. The maximum absolute atomic E-state index is 13.3. The summed E-state index contributed by atoms with van der Waals surface area (Å²) < 4.78 is 19.3. The lowest BCUT2D eigenvalue weighted by Crippen LogP contribution is -2.24. The maximum Gasteiger partial charge on any atom is 0.126 e. The van der Waals surface area contributed by atoms with Crippen LogP contribution in [0.1, 0.15) is 55.0 Å².